The van der Waals surface area contributed by atoms with Crippen molar-refractivity contribution < 1.29 is 24.2 Å². The predicted octanol–water partition coefficient (Wildman–Crippen LogP) is 24.2. The lowest BCUT2D eigenvalue weighted by Crippen LogP contribution is -2.28. The summed E-state index contributed by atoms with van der Waals surface area (Å²) in [7, 11) is 0. The van der Waals surface area contributed by atoms with E-state index >= 15 is 0 Å². The largest absolute Gasteiger partial charge is 0.462 e. The summed E-state index contributed by atoms with van der Waals surface area (Å²) in [6.45, 7) is 4.04. The van der Waals surface area contributed by atoms with Gasteiger partial charge >= 0.3 is 11.9 Å². The second kappa shape index (κ2) is 70.1. The third-order valence-electron chi connectivity index (χ3n) is 15.4. The molecule has 0 aliphatic heterocycles. The molecule has 5 nitrogen and oxygen atoms in total. The number of aliphatic hydroxyl groups is 1. The Morgan fingerprint density at radius 2 is 0.537 bits per heavy atom. The highest BCUT2D eigenvalue weighted by Crippen LogP contribution is 2.18. The fourth-order valence-corrected chi connectivity index (χ4v) is 10.2. The molecule has 0 fully saturated rings. The molecule has 0 aliphatic rings. The number of hydrogen-bond acceptors (Lipinski definition) is 5. The maximum Gasteiger partial charge on any atom is 0.306 e. The molecule has 0 aromatic heterocycles. The zero-order valence-electron chi connectivity index (χ0n) is 53.1. The number of carbonyl (C=O) groups excluding carboxylic acids is 2. The molecule has 0 radical (unpaired) electrons. The summed E-state index contributed by atoms with van der Waals surface area (Å²) in [6, 6.07) is 0. The van der Waals surface area contributed by atoms with Crippen molar-refractivity contribution in [2.45, 2.75) is 354 Å². The zero-order valence-corrected chi connectivity index (χ0v) is 53.1. The molecular formula is C75H132O5. The lowest BCUT2D eigenvalue weighted by Gasteiger charge is -2.15. The average Bonchev–Trinajstić information content (AvgIpc) is 3.46. The number of unbranched alkanes of at least 4 members (excludes halogenated alkanes) is 40. The lowest BCUT2D eigenvalue weighted by atomic mass is 10.0. The normalized spacial score (nSPS) is 12.8. The van der Waals surface area contributed by atoms with Crippen molar-refractivity contribution >= 4 is 11.9 Å². The molecule has 80 heavy (non-hydrogen) atoms. The van der Waals surface area contributed by atoms with Gasteiger partial charge in [-0.2, -0.15) is 0 Å². The molecule has 0 aromatic rings. The van der Waals surface area contributed by atoms with Gasteiger partial charge in [0.2, 0.25) is 0 Å². The third-order valence-corrected chi connectivity index (χ3v) is 15.4. The van der Waals surface area contributed by atoms with Crippen molar-refractivity contribution in [3.8, 4) is 0 Å². The first-order valence-corrected chi connectivity index (χ1v) is 34.8. The van der Waals surface area contributed by atoms with Gasteiger partial charge in [0.15, 0.2) is 6.10 Å². The molecule has 0 aromatic carbocycles. The van der Waals surface area contributed by atoms with Crippen LogP contribution in [0.5, 0.6) is 0 Å². The molecule has 0 rings (SSSR count). The first-order chi connectivity index (χ1) is 39.6. The monoisotopic (exact) mass is 1110 g/mol. The topological polar surface area (TPSA) is 72.8 Å². The first-order valence-electron chi connectivity index (χ1n) is 34.8. The van der Waals surface area contributed by atoms with Crippen molar-refractivity contribution in [1.82, 2.24) is 0 Å². The van der Waals surface area contributed by atoms with E-state index in [4.69, 9.17) is 9.47 Å². The van der Waals surface area contributed by atoms with Crippen LogP contribution in [-0.4, -0.2) is 36.4 Å². The summed E-state index contributed by atoms with van der Waals surface area (Å²) in [6.07, 6.45) is 100. The van der Waals surface area contributed by atoms with Crippen LogP contribution in [-0.2, 0) is 19.1 Å². The predicted molar refractivity (Wildman–Crippen MR) is 352 cm³/mol. The highest BCUT2D eigenvalue weighted by molar-refractivity contribution is 5.70. The van der Waals surface area contributed by atoms with Crippen LogP contribution in [0.1, 0.15) is 348 Å². The van der Waals surface area contributed by atoms with Gasteiger partial charge < -0.3 is 14.6 Å². The van der Waals surface area contributed by atoms with Gasteiger partial charge in [0.05, 0.1) is 6.61 Å². The summed E-state index contributed by atoms with van der Waals surface area (Å²) < 4.78 is 10.7. The Balaban J connectivity index is 3.43. The van der Waals surface area contributed by atoms with Gasteiger partial charge in [0.25, 0.3) is 0 Å². The van der Waals surface area contributed by atoms with E-state index in [0.29, 0.717) is 12.8 Å². The molecule has 0 amide bonds. The number of aliphatic hydroxyl groups excluding tert-OH is 1. The van der Waals surface area contributed by atoms with E-state index in [1.54, 1.807) is 0 Å². The van der Waals surface area contributed by atoms with Gasteiger partial charge in [-0.05, 0) is 96.3 Å². The highest BCUT2D eigenvalue weighted by atomic mass is 16.6. The van der Waals surface area contributed by atoms with E-state index in [1.165, 1.54) is 231 Å². The summed E-state index contributed by atoms with van der Waals surface area (Å²) in [5.41, 5.74) is 0. The number of rotatable bonds is 64. The minimum atomic E-state index is -0.782. The van der Waals surface area contributed by atoms with Crippen molar-refractivity contribution in [2.75, 3.05) is 13.2 Å². The second-order valence-corrected chi connectivity index (χ2v) is 23.2. The molecule has 0 saturated carbocycles. The molecule has 0 spiro atoms. The van der Waals surface area contributed by atoms with Gasteiger partial charge in [-0.25, -0.2) is 0 Å². The molecule has 0 bridgehead atoms. The summed E-state index contributed by atoms with van der Waals surface area (Å²) in [5, 5.41) is 9.69. The van der Waals surface area contributed by atoms with Crippen LogP contribution in [0.2, 0.25) is 0 Å². The Morgan fingerprint density at radius 1 is 0.300 bits per heavy atom. The minimum absolute atomic E-state index is 0.0702. The van der Waals surface area contributed by atoms with Crippen LogP contribution in [0.25, 0.3) is 0 Å². The Bertz CT molecular complexity index is 1500. The second-order valence-electron chi connectivity index (χ2n) is 23.2. The molecule has 1 unspecified atom stereocenters. The summed E-state index contributed by atoms with van der Waals surface area (Å²) in [5.74, 6) is -0.590. The quantitative estimate of drug-likeness (QED) is 0.0373. The molecular weight excluding hydrogens is 981 g/mol. The number of esters is 2. The maximum atomic E-state index is 12.3. The summed E-state index contributed by atoms with van der Waals surface area (Å²) >= 11 is 0. The van der Waals surface area contributed by atoms with Gasteiger partial charge in [-0.3, -0.25) is 9.59 Å². The standard InChI is InChI=1S/C75H132O5/c1-3-5-7-9-11-13-15-17-19-21-23-25-27-29-31-32-33-34-35-36-37-38-39-40-41-42-44-45-47-49-51-53-55-57-59-61-63-65-67-69-74(77)79-72-73(71-76)80-75(78)70-68-66-64-62-60-58-56-54-52-50-48-46-43-30-28-26-24-22-20-18-16-14-12-10-8-6-4-2/h6,8,12,14-15,17-18,20-21,23-24,26,30,43,48,50,73,76H,3-5,7,9-11,13,16,19,22,25,27-29,31-42,44-47,49,51-72H2,1-2H3/b8-6-,14-12-,17-15-,20-18-,23-21-,26-24-,43-30-,50-48-. The Kier molecular flexibility index (Phi) is 67.3. The Hall–Kier alpha value is -3.18. The van der Waals surface area contributed by atoms with Crippen LogP contribution in [0.4, 0.5) is 0 Å². The van der Waals surface area contributed by atoms with Crippen molar-refractivity contribution in [2.24, 2.45) is 0 Å². The van der Waals surface area contributed by atoms with Crippen LogP contribution >= 0.6 is 0 Å². The van der Waals surface area contributed by atoms with Crippen LogP contribution in [0, 0.1) is 0 Å². The fourth-order valence-electron chi connectivity index (χ4n) is 10.2. The SMILES string of the molecule is CC/C=C\C/C=C\C/C=C\C/C=C\C/C=C\C/C=C\CCCCCCCCCCC(=O)OC(CO)COC(=O)CCCCCCCCCCCCCCCCCCCCCCCCCCCCC/C=C\C/C=C\CCCCCCC. The maximum absolute atomic E-state index is 12.3. The van der Waals surface area contributed by atoms with Crippen molar-refractivity contribution in [3.05, 3.63) is 97.2 Å². The van der Waals surface area contributed by atoms with E-state index in [0.717, 1.165) is 89.9 Å². The van der Waals surface area contributed by atoms with Crippen molar-refractivity contribution in [1.29, 1.82) is 0 Å². The molecule has 0 aliphatic carbocycles. The number of ether oxygens (including phenoxy) is 2. The Morgan fingerprint density at radius 3 is 0.812 bits per heavy atom. The van der Waals surface area contributed by atoms with E-state index in [9.17, 15) is 14.7 Å². The smallest absolute Gasteiger partial charge is 0.306 e. The van der Waals surface area contributed by atoms with Crippen LogP contribution < -0.4 is 0 Å². The molecule has 0 heterocycles. The molecule has 1 atom stereocenters. The van der Waals surface area contributed by atoms with E-state index < -0.39 is 6.10 Å². The lowest BCUT2D eigenvalue weighted by molar-refractivity contribution is -0.161. The minimum Gasteiger partial charge on any atom is -0.462 e. The van der Waals surface area contributed by atoms with Crippen LogP contribution in [0.15, 0.2) is 97.2 Å². The average molecular weight is 1110 g/mol. The van der Waals surface area contributed by atoms with Gasteiger partial charge in [0.1, 0.15) is 6.61 Å². The molecule has 462 valence electrons. The van der Waals surface area contributed by atoms with Gasteiger partial charge in [-0.1, -0.05) is 336 Å². The van der Waals surface area contributed by atoms with Gasteiger partial charge in [0, 0.05) is 12.8 Å². The third kappa shape index (κ3) is 67.3. The Labute approximate surface area is 498 Å². The molecule has 1 N–H and O–H groups in total. The van der Waals surface area contributed by atoms with E-state index in [2.05, 4.69) is 111 Å². The van der Waals surface area contributed by atoms with Gasteiger partial charge in [-0.15, -0.1) is 0 Å². The van der Waals surface area contributed by atoms with E-state index in [-0.39, 0.29) is 25.2 Å². The number of allylic oxidation sites excluding steroid dienone is 16. The highest BCUT2D eigenvalue weighted by Gasteiger charge is 2.16. The van der Waals surface area contributed by atoms with Crippen LogP contribution in [0.3, 0.4) is 0 Å². The fraction of sp³-hybridized carbons (Fsp3) is 0.760. The number of carbonyl (C=O) groups is 2. The summed E-state index contributed by atoms with van der Waals surface area (Å²) in [4.78, 5) is 24.6. The van der Waals surface area contributed by atoms with Crippen molar-refractivity contribution in [3.63, 3.8) is 0 Å². The van der Waals surface area contributed by atoms with E-state index in [1.807, 2.05) is 0 Å². The molecule has 0 saturated heterocycles. The number of hydrogen-bond donors (Lipinski definition) is 1. The zero-order chi connectivity index (χ0) is 57.6. The first kappa shape index (κ1) is 76.8. The molecule has 5 heteroatoms.